The summed E-state index contributed by atoms with van der Waals surface area (Å²) in [6.45, 7) is 7.00. The van der Waals surface area contributed by atoms with Crippen LogP contribution in [0, 0.1) is 0 Å². The number of hydrogen-bond donors (Lipinski definition) is 0. The number of rotatable bonds is 9. The third-order valence-electron chi connectivity index (χ3n) is 4.65. The summed E-state index contributed by atoms with van der Waals surface area (Å²) in [5.41, 5.74) is 0.0577. The van der Waals surface area contributed by atoms with Gasteiger partial charge in [0.25, 0.3) is 0 Å². The maximum Gasteiger partial charge on any atom is 0.185 e. The van der Waals surface area contributed by atoms with Crippen molar-refractivity contribution in [1.29, 1.82) is 0 Å². The van der Waals surface area contributed by atoms with E-state index in [1.807, 2.05) is 0 Å². The molecule has 4 nitrogen and oxygen atoms in total. The summed E-state index contributed by atoms with van der Waals surface area (Å²) in [6.07, 6.45) is 7.89. The molecule has 0 bridgehead atoms. The fourth-order valence-electron chi connectivity index (χ4n) is 3.02. The van der Waals surface area contributed by atoms with E-state index in [1.54, 1.807) is 0 Å². The van der Waals surface area contributed by atoms with Gasteiger partial charge in [-0.3, -0.25) is 4.48 Å². The second-order valence-corrected chi connectivity index (χ2v) is 6.40. The van der Waals surface area contributed by atoms with Crippen LogP contribution in [-0.4, -0.2) is 57.0 Å². The topological polar surface area (TPSA) is 27.7 Å². The highest BCUT2D eigenvalue weighted by Crippen LogP contribution is 2.35. The van der Waals surface area contributed by atoms with Crippen molar-refractivity contribution in [2.75, 3.05) is 46.9 Å². The first-order chi connectivity index (χ1) is 9.22. The van der Waals surface area contributed by atoms with Crippen LogP contribution < -0.4 is 0 Å². The molecule has 0 atom stereocenters. The lowest BCUT2D eigenvalue weighted by atomic mass is 10.0. The van der Waals surface area contributed by atoms with Gasteiger partial charge >= 0.3 is 0 Å². The number of likely N-dealkylation sites (N-methyl/N-ethyl adjacent to an activating group) is 1. The van der Waals surface area contributed by atoms with Crippen molar-refractivity contribution in [1.82, 2.24) is 0 Å². The largest absolute Gasteiger partial charge is 0.375 e. The maximum atomic E-state index is 5.92. The molecule has 2 rings (SSSR count). The summed E-state index contributed by atoms with van der Waals surface area (Å²) in [5, 5.41) is 0. The first kappa shape index (κ1) is 18.6. The molecule has 0 aromatic rings. The lowest BCUT2D eigenvalue weighted by molar-refractivity contribution is -0.946. The Labute approximate surface area is 140 Å². The number of hydrogen-bond acceptors (Lipinski definition) is 3. The molecule has 0 unspecified atom stereocenters. The minimum Gasteiger partial charge on any atom is -0.375 e. The minimum absolute atomic E-state index is 0. The molecule has 0 spiro atoms. The van der Waals surface area contributed by atoms with Crippen LogP contribution in [0.5, 0.6) is 0 Å². The predicted molar refractivity (Wildman–Crippen MR) is 90.2 cm³/mol. The van der Waals surface area contributed by atoms with Gasteiger partial charge in [-0.1, -0.05) is 39.0 Å². The summed E-state index contributed by atoms with van der Waals surface area (Å²) < 4.78 is 18.1. The van der Waals surface area contributed by atoms with E-state index in [1.165, 1.54) is 38.5 Å². The molecule has 0 aromatic heterocycles. The standard InChI is InChI=1S/C15H30NO3.HI/c1-3-4-5-6-7-8-9-17-10-15-11-18-13-16(15,2)14-19-12-15;/h3-14H2,1-2H3;1H/q+1;. The van der Waals surface area contributed by atoms with Crippen LogP contribution in [0.4, 0.5) is 0 Å². The Morgan fingerprint density at radius 3 is 2.25 bits per heavy atom. The first-order valence-corrected chi connectivity index (χ1v) is 7.80. The fourth-order valence-corrected chi connectivity index (χ4v) is 3.02. The smallest absolute Gasteiger partial charge is 0.185 e. The van der Waals surface area contributed by atoms with Crippen molar-refractivity contribution in [2.24, 2.45) is 0 Å². The van der Waals surface area contributed by atoms with Crippen molar-refractivity contribution in [3.05, 3.63) is 0 Å². The van der Waals surface area contributed by atoms with Crippen LogP contribution in [0.15, 0.2) is 0 Å². The summed E-state index contributed by atoms with van der Waals surface area (Å²) >= 11 is 0. The molecule has 120 valence electrons. The zero-order valence-electron chi connectivity index (χ0n) is 13.1. The van der Waals surface area contributed by atoms with Gasteiger partial charge in [0.05, 0.1) is 7.05 Å². The van der Waals surface area contributed by atoms with Gasteiger partial charge in [-0.05, 0) is 6.42 Å². The Hall–Kier alpha value is 0.570. The first-order valence-electron chi connectivity index (χ1n) is 7.80. The summed E-state index contributed by atoms with van der Waals surface area (Å²) in [4.78, 5) is 0. The van der Waals surface area contributed by atoms with E-state index in [4.69, 9.17) is 14.2 Å². The second kappa shape index (κ2) is 8.88. The molecule has 2 fully saturated rings. The van der Waals surface area contributed by atoms with Crippen LogP contribution in [0.3, 0.4) is 0 Å². The van der Waals surface area contributed by atoms with E-state index in [9.17, 15) is 0 Å². The normalized spacial score (nSPS) is 32.1. The fraction of sp³-hybridized carbons (Fsp3) is 1.00. The van der Waals surface area contributed by atoms with E-state index in [0.29, 0.717) is 0 Å². The van der Waals surface area contributed by atoms with Crippen molar-refractivity contribution >= 4 is 24.0 Å². The molecule has 0 amide bonds. The minimum atomic E-state index is 0. The van der Waals surface area contributed by atoms with Gasteiger partial charge in [-0.25, -0.2) is 0 Å². The van der Waals surface area contributed by atoms with Crippen molar-refractivity contribution < 1.29 is 18.7 Å². The summed E-state index contributed by atoms with van der Waals surface area (Å²) in [6, 6.07) is 0. The Balaban J connectivity index is 0.00000200. The number of halogens is 1. The summed E-state index contributed by atoms with van der Waals surface area (Å²) in [7, 11) is 2.22. The van der Waals surface area contributed by atoms with Crippen LogP contribution in [0.1, 0.15) is 45.4 Å². The number of unbranched alkanes of at least 4 members (excludes halogenated alkanes) is 5. The van der Waals surface area contributed by atoms with Gasteiger partial charge in [-0.2, -0.15) is 0 Å². The van der Waals surface area contributed by atoms with Crippen LogP contribution in [-0.2, 0) is 14.2 Å². The highest BCUT2D eigenvalue weighted by molar-refractivity contribution is 14.0. The molecule has 0 N–H and O–H groups in total. The Morgan fingerprint density at radius 2 is 1.60 bits per heavy atom. The third-order valence-corrected chi connectivity index (χ3v) is 4.65. The van der Waals surface area contributed by atoms with E-state index >= 15 is 0 Å². The maximum absolute atomic E-state index is 5.92. The molecule has 0 aromatic carbocycles. The van der Waals surface area contributed by atoms with Gasteiger partial charge in [0, 0.05) is 6.61 Å². The van der Waals surface area contributed by atoms with Crippen molar-refractivity contribution in [2.45, 2.75) is 51.0 Å². The zero-order chi connectivity index (χ0) is 13.6. The molecule has 0 aliphatic carbocycles. The third kappa shape index (κ3) is 4.29. The number of quaternary nitrogens is 1. The second-order valence-electron chi connectivity index (χ2n) is 6.40. The molecule has 0 saturated carbocycles. The van der Waals surface area contributed by atoms with Gasteiger partial charge in [0.2, 0.25) is 0 Å². The molecule has 2 saturated heterocycles. The van der Waals surface area contributed by atoms with Crippen molar-refractivity contribution in [3.8, 4) is 0 Å². The highest BCUT2D eigenvalue weighted by Gasteiger charge is 2.58. The molecule has 2 aliphatic heterocycles. The van der Waals surface area contributed by atoms with Crippen LogP contribution in [0.2, 0.25) is 0 Å². The molecular formula is C15H31INO3+. The molecule has 0 radical (unpaired) electrons. The monoisotopic (exact) mass is 400 g/mol. The number of ether oxygens (including phenoxy) is 3. The Kier molecular flexibility index (Phi) is 8.27. The highest BCUT2D eigenvalue weighted by atomic mass is 127. The lowest BCUT2D eigenvalue weighted by Gasteiger charge is -2.35. The SMILES string of the molecule is CCCCCCCCOCC12COC[N+]1(C)COC2.I. The van der Waals surface area contributed by atoms with Crippen LogP contribution >= 0.6 is 24.0 Å². The Morgan fingerprint density at radius 1 is 1.00 bits per heavy atom. The zero-order valence-corrected chi connectivity index (χ0v) is 15.4. The van der Waals surface area contributed by atoms with Crippen LogP contribution in [0.25, 0.3) is 0 Å². The van der Waals surface area contributed by atoms with E-state index in [2.05, 4.69) is 14.0 Å². The molecule has 20 heavy (non-hydrogen) atoms. The molecule has 5 heteroatoms. The van der Waals surface area contributed by atoms with E-state index in [-0.39, 0.29) is 29.5 Å². The van der Waals surface area contributed by atoms with Gasteiger partial charge in [-0.15, -0.1) is 24.0 Å². The summed E-state index contributed by atoms with van der Waals surface area (Å²) in [5.74, 6) is 0. The molecule has 2 aliphatic rings. The van der Waals surface area contributed by atoms with E-state index < -0.39 is 0 Å². The lowest BCUT2D eigenvalue weighted by Crippen LogP contribution is -2.59. The molecule has 2 heterocycles. The van der Waals surface area contributed by atoms with Gasteiger partial charge < -0.3 is 14.2 Å². The average Bonchev–Trinajstić information content (AvgIpc) is 2.85. The number of fused-ring (bicyclic) bond motifs is 1. The quantitative estimate of drug-likeness (QED) is 0.338. The average molecular weight is 400 g/mol. The Bertz CT molecular complexity index is 266. The van der Waals surface area contributed by atoms with Gasteiger partial charge in [0.1, 0.15) is 19.8 Å². The number of nitrogens with zero attached hydrogens (tertiary/aromatic N) is 1. The van der Waals surface area contributed by atoms with Gasteiger partial charge in [0.15, 0.2) is 19.0 Å². The predicted octanol–water partition coefficient (Wildman–Crippen LogP) is 3.14. The molecular weight excluding hydrogens is 369 g/mol. The van der Waals surface area contributed by atoms with E-state index in [0.717, 1.165) is 44.4 Å². The van der Waals surface area contributed by atoms with Crippen molar-refractivity contribution in [3.63, 3.8) is 0 Å².